The van der Waals surface area contributed by atoms with Crippen LogP contribution in [0.3, 0.4) is 0 Å². The largest absolute Gasteiger partial charge is 0.318 e. The molecule has 0 unspecified atom stereocenters. The van der Waals surface area contributed by atoms with Crippen molar-refractivity contribution in [2.24, 2.45) is 0 Å². The van der Waals surface area contributed by atoms with Crippen LogP contribution in [-0.2, 0) is 4.79 Å². The number of hydrogen-bond donors (Lipinski definition) is 0. The highest BCUT2D eigenvalue weighted by molar-refractivity contribution is 8.19. The molecule has 2 heterocycles. The predicted molar refractivity (Wildman–Crippen MR) is 110 cm³/mol. The number of thioether (sulfide) groups is 1. The maximum Gasteiger partial charge on any atom is 0.298 e. The van der Waals surface area contributed by atoms with Gasteiger partial charge >= 0.3 is 0 Å². The maximum atomic E-state index is 12.8. The fourth-order valence-electron chi connectivity index (χ4n) is 3.32. The number of carbonyl (C=O) groups excluding carboxylic acids is 2. The van der Waals surface area contributed by atoms with E-state index < -0.39 is 0 Å². The van der Waals surface area contributed by atoms with Crippen molar-refractivity contribution in [3.05, 3.63) is 88.6 Å². The third-order valence-electron chi connectivity index (χ3n) is 4.58. The van der Waals surface area contributed by atoms with E-state index in [-0.39, 0.29) is 11.1 Å². The SMILES string of the molecule is Cc1cc(C=C2SC(=O)N(c3ccccc3)C2=O)c(C)n1-c1ccccc1. The molecular weight excluding hydrogens is 356 g/mol. The summed E-state index contributed by atoms with van der Waals surface area (Å²) in [6.07, 6.45) is 1.82. The Bertz CT molecular complexity index is 1050. The number of para-hydroxylation sites is 2. The summed E-state index contributed by atoms with van der Waals surface area (Å²) in [5.41, 5.74) is 4.72. The fraction of sp³-hybridized carbons (Fsp3) is 0.0909. The van der Waals surface area contributed by atoms with Crippen LogP contribution in [0.4, 0.5) is 10.5 Å². The summed E-state index contributed by atoms with van der Waals surface area (Å²) < 4.78 is 2.15. The zero-order valence-corrected chi connectivity index (χ0v) is 15.9. The molecule has 4 nitrogen and oxygen atoms in total. The molecule has 0 N–H and O–H groups in total. The lowest BCUT2D eigenvalue weighted by molar-refractivity contribution is -0.113. The van der Waals surface area contributed by atoms with Crippen molar-refractivity contribution in [1.82, 2.24) is 4.57 Å². The lowest BCUT2D eigenvalue weighted by atomic mass is 10.2. The zero-order chi connectivity index (χ0) is 19.0. The molecule has 134 valence electrons. The second-order valence-electron chi connectivity index (χ2n) is 6.35. The van der Waals surface area contributed by atoms with Crippen LogP contribution in [-0.4, -0.2) is 15.7 Å². The molecular formula is C22H18N2O2S. The van der Waals surface area contributed by atoms with Crippen LogP contribution in [0.1, 0.15) is 17.0 Å². The molecule has 0 radical (unpaired) electrons. The highest BCUT2D eigenvalue weighted by atomic mass is 32.2. The molecule has 4 rings (SSSR count). The summed E-state index contributed by atoms with van der Waals surface area (Å²) in [6, 6.07) is 21.1. The molecule has 1 aromatic heterocycles. The van der Waals surface area contributed by atoms with Gasteiger partial charge in [-0.15, -0.1) is 0 Å². The smallest absolute Gasteiger partial charge is 0.298 e. The van der Waals surface area contributed by atoms with Crippen molar-refractivity contribution in [2.75, 3.05) is 4.90 Å². The molecule has 0 aliphatic carbocycles. The van der Waals surface area contributed by atoms with Crippen LogP contribution in [0.25, 0.3) is 11.8 Å². The lowest BCUT2D eigenvalue weighted by Crippen LogP contribution is -2.27. The second kappa shape index (κ2) is 6.93. The molecule has 1 aliphatic heterocycles. The molecule has 0 saturated carbocycles. The van der Waals surface area contributed by atoms with Gasteiger partial charge in [0.25, 0.3) is 11.1 Å². The van der Waals surface area contributed by atoms with Crippen LogP contribution < -0.4 is 4.90 Å². The normalized spacial score (nSPS) is 15.8. The van der Waals surface area contributed by atoms with Gasteiger partial charge in [-0.1, -0.05) is 36.4 Å². The minimum absolute atomic E-state index is 0.269. The average molecular weight is 374 g/mol. The van der Waals surface area contributed by atoms with Gasteiger partial charge in [-0.25, -0.2) is 4.90 Å². The Morgan fingerprint density at radius 3 is 2.07 bits per heavy atom. The number of rotatable bonds is 3. The van der Waals surface area contributed by atoms with Gasteiger partial charge in [0.05, 0.1) is 10.6 Å². The van der Waals surface area contributed by atoms with Crippen molar-refractivity contribution in [2.45, 2.75) is 13.8 Å². The Morgan fingerprint density at radius 2 is 1.44 bits per heavy atom. The molecule has 2 aromatic carbocycles. The van der Waals surface area contributed by atoms with Crippen molar-refractivity contribution < 1.29 is 9.59 Å². The van der Waals surface area contributed by atoms with Gasteiger partial charge in [0, 0.05) is 17.1 Å². The number of carbonyl (C=O) groups is 2. The molecule has 0 atom stereocenters. The van der Waals surface area contributed by atoms with E-state index in [4.69, 9.17) is 0 Å². The summed E-state index contributed by atoms with van der Waals surface area (Å²) in [5.74, 6) is -0.277. The topological polar surface area (TPSA) is 42.3 Å². The number of benzene rings is 2. The van der Waals surface area contributed by atoms with E-state index in [1.807, 2.05) is 74.5 Å². The minimum atomic E-state index is -0.277. The molecule has 5 heteroatoms. The number of nitrogens with zero attached hydrogens (tertiary/aromatic N) is 2. The highest BCUT2D eigenvalue weighted by Crippen LogP contribution is 2.36. The third-order valence-corrected chi connectivity index (χ3v) is 5.45. The van der Waals surface area contributed by atoms with Crippen LogP contribution >= 0.6 is 11.8 Å². The van der Waals surface area contributed by atoms with E-state index in [2.05, 4.69) is 4.57 Å². The summed E-state index contributed by atoms with van der Waals surface area (Å²) in [6.45, 7) is 4.06. The number of aromatic nitrogens is 1. The quantitative estimate of drug-likeness (QED) is 0.582. The first-order valence-corrected chi connectivity index (χ1v) is 9.45. The van der Waals surface area contributed by atoms with Gasteiger partial charge in [-0.3, -0.25) is 9.59 Å². The van der Waals surface area contributed by atoms with E-state index in [0.717, 1.165) is 34.4 Å². The minimum Gasteiger partial charge on any atom is -0.318 e. The van der Waals surface area contributed by atoms with Gasteiger partial charge in [0.2, 0.25) is 0 Å². The van der Waals surface area contributed by atoms with Crippen LogP contribution in [0.15, 0.2) is 71.6 Å². The first-order chi connectivity index (χ1) is 13.1. The van der Waals surface area contributed by atoms with Gasteiger partial charge < -0.3 is 4.57 Å². The first kappa shape index (κ1) is 17.4. The maximum absolute atomic E-state index is 12.8. The highest BCUT2D eigenvalue weighted by Gasteiger charge is 2.36. The monoisotopic (exact) mass is 374 g/mol. The van der Waals surface area contributed by atoms with E-state index in [1.165, 1.54) is 4.90 Å². The predicted octanol–water partition coefficient (Wildman–Crippen LogP) is 5.34. The molecule has 3 aromatic rings. The van der Waals surface area contributed by atoms with E-state index in [0.29, 0.717) is 10.6 Å². The number of amides is 2. The van der Waals surface area contributed by atoms with Crippen LogP contribution in [0, 0.1) is 13.8 Å². The van der Waals surface area contributed by atoms with Gasteiger partial charge in [0.15, 0.2) is 0 Å². The van der Waals surface area contributed by atoms with Gasteiger partial charge in [-0.05, 0) is 67.6 Å². The molecule has 0 spiro atoms. The molecule has 0 bridgehead atoms. The number of hydrogen-bond acceptors (Lipinski definition) is 3. The van der Waals surface area contributed by atoms with Crippen molar-refractivity contribution >= 4 is 34.7 Å². The third kappa shape index (κ3) is 3.11. The zero-order valence-electron chi connectivity index (χ0n) is 15.0. The summed E-state index contributed by atoms with van der Waals surface area (Å²) in [4.78, 5) is 26.9. The van der Waals surface area contributed by atoms with E-state index in [9.17, 15) is 9.59 Å². The number of imide groups is 1. The average Bonchev–Trinajstić information content (AvgIpc) is 3.11. The number of aryl methyl sites for hydroxylation is 1. The number of anilines is 1. The van der Waals surface area contributed by atoms with Crippen molar-refractivity contribution in [1.29, 1.82) is 0 Å². The van der Waals surface area contributed by atoms with Crippen molar-refractivity contribution in [3.8, 4) is 5.69 Å². The summed E-state index contributed by atoms with van der Waals surface area (Å²) in [7, 11) is 0. The van der Waals surface area contributed by atoms with Crippen molar-refractivity contribution in [3.63, 3.8) is 0 Å². The fourth-order valence-corrected chi connectivity index (χ4v) is 4.15. The summed E-state index contributed by atoms with van der Waals surface area (Å²) in [5, 5.41) is -0.269. The Hall–Kier alpha value is -3.05. The molecule has 1 fully saturated rings. The standard InChI is InChI=1S/C22H18N2O2S/c1-15-13-17(16(2)23(15)18-9-5-3-6-10-18)14-20-21(25)24(22(26)27-20)19-11-7-4-8-12-19/h3-14H,1-2H3. The lowest BCUT2D eigenvalue weighted by Gasteiger charge is -2.11. The molecule has 1 aliphatic rings. The van der Waals surface area contributed by atoms with E-state index >= 15 is 0 Å². The van der Waals surface area contributed by atoms with Gasteiger partial charge in [0.1, 0.15) is 0 Å². The second-order valence-corrected chi connectivity index (χ2v) is 7.34. The van der Waals surface area contributed by atoms with E-state index in [1.54, 1.807) is 12.1 Å². The van der Waals surface area contributed by atoms with Crippen LogP contribution in [0.2, 0.25) is 0 Å². The first-order valence-electron chi connectivity index (χ1n) is 8.63. The Kier molecular flexibility index (Phi) is 4.46. The molecule has 1 saturated heterocycles. The Balaban J connectivity index is 1.71. The summed E-state index contributed by atoms with van der Waals surface area (Å²) >= 11 is 0.980. The van der Waals surface area contributed by atoms with Gasteiger partial charge in [-0.2, -0.15) is 0 Å². The molecule has 2 amide bonds. The van der Waals surface area contributed by atoms with Crippen LogP contribution in [0.5, 0.6) is 0 Å². The molecule has 27 heavy (non-hydrogen) atoms. The Morgan fingerprint density at radius 1 is 0.852 bits per heavy atom. The Labute approximate surface area is 162 Å².